The molecule has 0 saturated carbocycles. The quantitative estimate of drug-likeness (QED) is 0.674. The van der Waals surface area contributed by atoms with Crippen LogP contribution >= 0.6 is 0 Å². The van der Waals surface area contributed by atoms with Gasteiger partial charge in [0.25, 0.3) is 0 Å². The summed E-state index contributed by atoms with van der Waals surface area (Å²) in [6.07, 6.45) is 2.39. The number of esters is 1. The van der Waals surface area contributed by atoms with Crippen molar-refractivity contribution in [2.24, 2.45) is 0 Å². The number of ether oxygens (including phenoxy) is 1. The Kier molecular flexibility index (Phi) is 4.60. The minimum absolute atomic E-state index is 0.0740. The van der Waals surface area contributed by atoms with Gasteiger partial charge in [-0.15, -0.1) is 0 Å². The van der Waals surface area contributed by atoms with Crippen LogP contribution in [0.25, 0.3) is 0 Å². The van der Waals surface area contributed by atoms with Crippen molar-refractivity contribution in [3.8, 4) is 0 Å². The Labute approximate surface area is 88.2 Å². The van der Waals surface area contributed by atoms with Gasteiger partial charge in [0, 0.05) is 12.8 Å². The van der Waals surface area contributed by atoms with Crippen molar-refractivity contribution in [3.05, 3.63) is 24.2 Å². The van der Waals surface area contributed by atoms with Crippen LogP contribution in [-0.4, -0.2) is 11.8 Å². The van der Waals surface area contributed by atoms with Crippen LogP contribution in [0.3, 0.4) is 0 Å². The van der Waals surface area contributed by atoms with E-state index in [9.17, 15) is 9.59 Å². The lowest BCUT2D eigenvalue weighted by Gasteiger charge is -2.01. The Hall–Kier alpha value is -1.58. The SMILES string of the molecule is CCC(=O)CCC(=O)OCc1ccco1. The van der Waals surface area contributed by atoms with Gasteiger partial charge in [0.2, 0.25) is 0 Å². The summed E-state index contributed by atoms with van der Waals surface area (Å²) in [6, 6.07) is 3.45. The number of hydrogen-bond donors (Lipinski definition) is 0. The summed E-state index contributed by atoms with van der Waals surface area (Å²) in [5, 5.41) is 0. The Morgan fingerprint density at radius 3 is 2.80 bits per heavy atom. The highest BCUT2D eigenvalue weighted by molar-refractivity contribution is 5.82. The Bertz CT molecular complexity index is 313. The van der Waals surface area contributed by atoms with Gasteiger partial charge in [-0.25, -0.2) is 0 Å². The highest BCUT2D eigenvalue weighted by Crippen LogP contribution is 2.04. The predicted molar refractivity (Wildman–Crippen MR) is 53.0 cm³/mol. The minimum Gasteiger partial charge on any atom is -0.466 e. The molecule has 15 heavy (non-hydrogen) atoms. The van der Waals surface area contributed by atoms with Crippen molar-refractivity contribution < 1.29 is 18.7 Å². The van der Waals surface area contributed by atoms with Crippen LogP contribution in [0.15, 0.2) is 22.8 Å². The molecule has 4 heteroatoms. The van der Waals surface area contributed by atoms with Crippen LogP contribution in [0.4, 0.5) is 0 Å². The van der Waals surface area contributed by atoms with Gasteiger partial charge in [0.15, 0.2) is 0 Å². The molecule has 0 aliphatic heterocycles. The molecule has 0 amide bonds. The average Bonchev–Trinajstić information content (AvgIpc) is 2.75. The molecule has 1 rings (SSSR count). The van der Waals surface area contributed by atoms with E-state index in [2.05, 4.69) is 0 Å². The van der Waals surface area contributed by atoms with E-state index in [1.807, 2.05) is 0 Å². The lowest BCUT2D eigenvalue weighted by atomic mass is 10.2. The molecule has 1 aromatic rings. The predicted octanol–water partition coefficient (Wildman–Crippen LogP) is 2.08. The molecule has 0 bridgehead atoms. The minimum atomic E-state index is -0.367. The summed E-state index contributed by atoms with van der Waals surface area (Å²) in [4.78, 5) is 22.1. The molecule has 0 atom stereocenters. The lowest BCUT2D eigenvalue weighted by Crippen LogP contribution is -2.07. The molecule has 1 heterocycles. The number of hydrogen-bond acceptors (Lipinski definition) is 4. The monoisotopic (exact) mass is 210 g/mol. The number of carbonyl (C=O) groups is 2. The summed E-state index contributed by atoms with van der Waals surface area (Å²) >= 11 is 0. The Morgan fingerprint density at radius 2 is 2.20 bits per heavy atom. The summed E-state index contributed by atoms with van der Waals surface area (Å²) in [6.45, 7) is 1.91. The number of furan rings is 1. The van der Waals surface area contributed by atoms with Gasteiger partial charge in [-0.05, 0) is 12.1 Å². The number of ketones is 1. The first-order valence-electron chi connectivity index (χ1n) is 4.92. The van der Waals surface area contributed by atoms with Crippen molar-refractivity contribution in [1.29, 1.82) is 0 Å². The zero-order chi connectivity index (χ0) is 11.1. The summed E-state index contributed by atoms with van der Waals surface area (Å²) in [5.41, 5.74) is 0. The largest absolute Gasteiger partial charge is 0.466 e. The third kappa shape index (κ3) is 4.44. The van der Waals surface area contributed by atoms with Gasteiger partial charge in [0.1, 0.15) is 18.2 Å². The van der Waals surface area contributed by atoms with Crippen molar-refractivity contribution in [3.63, 3.8) is 0 Å². The molecule has 1 aromatic heterocycles. The van der Waals surface area contributed by atoms with Gasteiger partial charge in [-0.1, -0.05) is 6.92 Å². The van der Waals surface area contributed by atoms with Crippen LogP contribution in [0.2, 0.25) is 0 Å². The molecule has 0 spiro atoms. The maximum atomic E-state index is 11.1. The number of carbonyl (C=O) groups excluding carboxylic acids is 2. The van der Waals surface area contributed by atoms with Crippen molar-refractivity contribution >= 4 is 11.8 Å². The lowest BCUT2D eigenvalue weighted by molar-refractivity contribution is -0.146. The molecule has 0 aliphatic carbocycles. The van der Waals surface area contributed by atoms with E-state index >= 15 is 0 Å². The average molecular weight is 210 g/mol. The normalized spacial score (nSPS) is 9.93. The molecule has 0 aliphatic rings. The highest BCUT2D eigenvalue weighted by Gasteiger charge is 2.07. The fraction of sp³-hybridized carbons (Fsp3) is 0.455. The molecule has 0 saturated heterocycles. The zero-order valence-electron chi connectivity index (χ0n) is 8.69. The van der Waals surface area contributed by atoms with Crippen LogP contribution in [0.1, 0.15) is 31.9 Å². The Morgan fingerprint density at radius 1 is 1.40 bits per heavy atom. The van der Waals surface area contributed by atoms with Gasteiger partial charge >= 0.3 is 5.97 Å². The first-order chi connectivity index (χ1) is 7.22. The van der Waals surface area contributed by atoms with Crippen LogP contribution < -0.4 is 0 Å². The fourth-order valence-electron chi connectivity index (χ4n) is 1.04. The standard InChI is InChI=1S/C11H14O4/c1-2-9(12)5-6-11(13)15-8-10-4-3-7-14-10/h3-4,7H,2,5-6,8H2,1H3. The third-order valence-electron chi connectivity index (χ3n) is 1.96. The first-order valence-corrected chi connectivity index (χ1v) is 4.92. The molecule has 4 nitrogen and oxygen atoms in total. The molecule has 82 valence electrons. The summed E-state index contributed by atoms with van der Waals surface area (Å²) in [7, 11) is 0. The van der Waals surface area contributed by atoms with Gasteiger partial charge < -0.3 is 9.15 Å². The third-order valence-corrected chi connectivity index (χ3v) is 1.96. The number of rotatable bonds is 6. The molecule has 0 unspecified atom stereocenters. The first kappa shape index (κ1) is 11.5. The van der Waals surface area contributed by atoms with E-state index in [1.165, 1.54) is 6.26 Å². The maximum Gasteiger partial charge on any atom is 0.306 e. The highest BCUT2D eigenvalue weighted by atomic mass is 16.5. The van der Waals surface area contributed by atoms with Crippen LogP contribution in [0, 0.1) is 0 Å². The fourth-order valence-corrected chi connectivity index (χ4v) is 1.04. The number of Topliss-reactive ketones (excluding diaryl/α,β-unsaturated/α-hetero) is 1. The van der Waals surface area contributed by atoms with E-state index in [-0.39, 0.29) is 31.2 Å². The molecule has 0 radical (unpaired) electrons. The van der Waals surface area contributed by atoms with Gasteiger partial charge in [-0.3, -0.25) is 9.59 Å². The molecule has 0 aromatic carbocycles. The van der Waals surface area contributed by atoms with Crippen molar-refractivity contribution in [2.75, 3.05) is 0 Å². The van der Waals surface area contributed by atoms with Crippen molar-refractivity contribution in [1.82, 2.24) is 0 Å². The topological polar surface area (TPSA) is 56.5 Å². The van der Waals surface area contributed by atoms with Crippen molar-refractivity contribution in [2.45, 2.75) is 32.8 Å². The van der Waals surface area contributed by atoms with E-state index in [1.54, 1.807) is 19.1 Å². The van der Waals surface area contributed by atoms with E-state index < -0.39 is 0 Å². The van der Waals surface area contributed by atoms with Crippen LogP contribution in [0.5, 0.6) is 0 Å². The second-order valence-electron chi connectivity index (χ2n) is 3.13. The smallest absolute Gasteiger partial charge is 0.306 e. The summed E-state index contributed by atoms with van der Waals surface area (Å²) in [5.74, 6) is 0.309. The van der Waals surface area contributed by atoms with Crippen LogP contribution in [-0.2, 0) is 20.9 Å². The Balaban J connectivity index is 2.16. The molecule has 0 N–H and O–H groups in total. The van der Waals surface area contributed by atoms with E-state index in [0.29, 0.717) is 12.2 Å². The maximum absolute atomic E-state index is 11.1. The summed E-state index contributed by atoms with van der Waals surface area (Å²) < 4.78 is 9.88. The van der Waals surface area contributed by atoms with Gasteiger partial charge in [0.05, 0.1) is 12.7 Å². The molecular weight excluding hydrogens is 196 g/mol. The molecular formula is C11H14O4. The molecule has 0 fully saturated rings. The second-order valence-corrected chi connectivity index (χ2v) is 3.13. The zero-order valence-corrected chi connectivity index (χ0v) is 8.69. The van der Waals surface area contributed by atoms with Gasteiger partial charge in [-0.2, -0.15) is 0 Å². The van der Waals surface area contributed by atoms with E-state index in [4.69, 9.17) is 9.15 Å². The van der Waals surface area contributed by atoms with E-state index in [0.717, 1.165) is 0 Å². The second kappa shape index (κ2) is 6.01.